The second-order valence-electron chi connectivity index (χ2n) is 4.01. The highest BCUT2D eigenvalue weighted by Gasteiger charge is 2.02. The van der Waals surface area contributed by atoms with Crippen molar-refractivity contribution in [2.45, 2.75) is 33.1 Å². The molecule has 0 spiro atoms. The molecule has 1 N–H and O–H groups in total. The summed E-state index contributed by atoms with van der Waals surface area (Å²) in [5.74, 6) is -0.00372. The van der Waals surface area contributed by atoms with Gasteiger partial charge in [-0.25, -0.2) is 0 Å². The zero-order valence-electron chi connectivity index (χ0n) is 8.92. The van der Waals surface area contributed by atoms with Crippen LogP contribution in [0.3, 0.4) is 0 Å². The van der Waals surface area contributed by atoms with Crippen LogP contribution in [0.4, 0.5) is 0 Å². The van der Waals surface area contributed by atoms with E-state index in [1.165, 1.54) is 0 Å². The minimum atomic E-state index is -0.688. The fourth-order valence-corrected chi connectivity index (χ4v) is 1.37. The van der Waals surface area contributed by atoms with Gasteiger partial charge >= 0.3 is 5.97 Å². The molecule has 0 aromatic rings. The molecule has 0 saturated heterocycles. The first-order valence-corrected chi connectivity index (χ1v) is 4.92. The maximum absolute atomic E-state index is 10.2. The molecule has 0 rings (SSSR count). The zero-order valence-corrected chi connectivity index (χ0v) is 8.92. The number of rotatable bonds is 7. The van der Waals surface area contributed by atoms with E-state index in [0.29, 0.717) is 12.3 Å². The summed E-state index contributed by atoms with van der Waals surface area (Å²) >= 11 is 0. The zero-order chi connectivity index (χ0) is 10.3. The highest BCUT2D eigenvalue weighted by atomic mass is 16.4. The van der Waals surface area contributed by atoms with Crippen molar-refractivity contribution < 1.29 is 9.90 Å². The first kappa shape index (κ1) is 12.4. The SMILES string of the molecule is CC(C)CN(C)CCCCC(=O)O. The van der Waals surface area contributed by atoms with Gasteiger partial charge in [0.05, 0.1) is 0 Å². The molecule has 0 atom stereocenters. The largest absolute Gasteiger partial charge is 0.481 e. The van der Waals surface area contributed by atoms with Crippen LogP contribution in [-0.4, -0.2) is 36.1 Å². The molecule has 0 radical (unpaired) electrons. The van der Waals surface area contributed by atoms with Gasteiger partial charge in [-0.05, 0) is 32.4 Å². The van der Waals surface area contributed by atoms with Gasteiger partial charge < -0.3 is 10.0 Å². The predicted octanol–water partition coefficient (Wildman–Crippen LogP) is 1.83. The van der Waals surface area contributed by atoms with Gasteiger partial charge in [0, 0.05) is 13.0 Å². The Labute approximate surface area is 80.7 Å². The minimum absolute atomic E-state index is 0.301. The van der Waals surface area contributed by atoms with Crippen LogP contribution < -0.4 is 0 Å². The molecule has 3 nitrogen and oxygen atoms in total. The van der Waals surface area contributed by atoms with Crippen molar-refractivity contribution in [1.82, 2.24) is 4.90 Å². The van der Waals surface area contributed by atoms with Crippen molar-refractivity contribution in [1.29, 1.82) is 0 Å². The molecule has 13 heavy (non-hydrogen) atoms. The molecule has 3 heteroatoms. The standard InChI is InChI=1S/C10H21NO2/c1-9(2)8-11(3)7-5-4-6-10(12)13/h9H,4-8H2,1-3H3,(H,12,13). The molecule has 0 aromatic heterocycles. The molecule has 78 valence electrons. The quantitative estimate of drug-likeness (QED) is 0.618. The summed E-state index contributed by atoms with van der Waals surface area (Å²) in [6.07, 6.45) is 2.07. The van der Waals surface area contributed by atoms with Crippen LogP contribution in [0.1, 0.15) is 33.1 Å². The number of hydrogen-bond acceptors (Lipinski definition) is 2. The van der Waals surface area contributed by atoms with E-state index in [1.54, 1.807) is 0 Å². The average molecular weight is 187 g/mol. The van der Waals surface area contributed by atoms with Crippen molar-refractivity contribution >= 4 is 5.97 Å². The van der Waals surface area contributed by atoms with E-state index in [1.807, 2.05) is 0 Å². The molecule has 0 amide bonds. The molecule has 0 saturated carbocycles. The second kappa shape index (κ2) is 6.89. The number of carboxylic acid groups (broad SMARTS) is 1. The van der Waals surface area contributed by atoms with E-state index in [-0.39, 0.29) is 0 Å². The molecule has 0 unspecified atom stereocenters. The lowest BCUT2D eigenvalue weighted by molar-refractivity contribution is -0.137. The molecule has 0 aliphatic heterocycles. The lowest BCUT2D eigenvalue weighted by atomic mass is 10.2. The summed E-state index contributed by atoms with van der Waals surface area (Å²) in [4.78, 5) is 12.5. The number of hydrogen-bond donors (Lipinski definition) is 1. The predicted molar refractivity (Wildman–Crippen MR) is 53.8 cm³/mol. The maximum atomic E-state index is 10.2. The summed E-state index contributed by atoms with van der Waals surface area (Å²) in [6.45, 7) is 6.47. The van der Waals surface area contributed by atoms with Gasteiger partial charge in [-0.15, -0.1) is 0 Å². The normalized spacial score (nSPS) is 11.2. The van der Waals surface area contributed by atoms with Gasteiger partial charge in [0.25, 0.3) is 0 Å². The summed E-state index contributed by atoms with van der Waals surface area (Å²) in [6, 6.07) is 0. The Balaban J connectivity index is 3.26. The Morgan fingerprint density at radius 3 is 2.46 bits per heavy atom. The summed E-state index contributed by atoms with van der Waals surface area (Å²) in [7, 11) is 2.08. The average Bonchev–Trinajstić information content (AvgIpc) is 1.96. The van der Waals surface area contributed by atoms with Crippen molar-refractivity contribution in [3.63, 3.8) is 0 Å². The Kier molecular flexibility index (Phi) is 6.59. The fourth-order valence-electron chi connectivity index (χ4n) is 1.37. The molecule has 0 bridgehead atoms. The topological polar surface area (TPSA) is 40.5 Å². The molecular formula is C10H21NO2. The van der Waals surface area contributed by atoms with Crippen molar-refractivity contribution in [3.05, 3.63) is 0 Å². The Bertz CT molecular complexity index is 146. The van der Waals surface area contributed by atoms with Crippen LogP contribution >= 0.6 is 0 Å². The summed E-state index contributed by atoms with van der Waals surface area (Å²) in [5.41, 5.74) is 0. The molecule has 0 aliphatic rings. The van der Waals surface area contributed by atoms with Crippen LogP contribution in [0.25, 0.3) is 0 Å². The highest BCUT2D eigenvalue weighted by molar-refractivity contribution is 5.66. The number of nitrogens with zero attached hydrogens (tertiary/aromatic N) is 1. The maximum Gasteiger partial charge on any atom is 0.303 e. The Morgan fingerprint density at radius 2 is 2.00 bits per heavy atom. The van der Waals surface area contributed by atoms with E-state index >= 15 is 0 Å². The molecule has 0 heterocycles. The summed E-state index contributed by atoms with van der Waals surface area (Å²) in [5, 5.41) is 8.41. The first-order valence-electron chi connectivity index (χ1n) is 4.92. The van der Waals surface area contributed by atoms with Gasteiger partial charge in [0.2, 0.25) is 0 Å². The third kappa shape index (κ3) is 9.34. The molecular weight excluding hydrogens is 166 g/mol. The fraction of sp³-hybridized carbons (Fsp3) is 0.900. The number of carbonyl (C=O) groups is 1. The van der Waals surface area contributed by atoms with E-state index in [0.717, 1.165) is 25.9 Å². The summed E-state index contributed by atoms with van der Waals surface area (Å²) < 4.78 is 0. The lowest BCUT2D eigenvalue weighted by Gasteiger charge is -2.18. The highest BCUT2D eigenvalue weighted by Crippen LogP contribution is 2.00. The van der Waals surface area contributed by atoms with Gasteiger partial charge in [-0.2, -0.15) is 0 Å². The van der Waals surface area contributed by atoms with Crippen LogP contribution in [0.5, 0.6) is 0 Å². The Morgan fingerprint density at radius 1 is 1.38 bits per heavy atom. The van der Waals surface area contributed by atoms with Gasteiger partial charge in [0.15, 0.2) is 0 Å². The third-order valence-corrected chi connectivity index (χ3v) is 1.86. The van der Waals surface area contributed by atoms with Crippen LogP contribution in [0, 0.1) is 5.92 Å². The van der Waals surface area contributed by atoms with Crippen LogP contribution in [0.2, 0.25) is 0 Å². The van der Waals surface area contributed by atoms with Crippen LogP contribution in [0.15, 0.2) is 0 Å². The van der Waals surface area contributed by atoms with E-state index < -0.39 is 5.97 Å². The lowest BCUT2D eigenvalue weighted by Crippen LogP contribution is -2.24. The third-order valence-electron chi connectivity index (χ3n) is 1.86. The van der Waals surface area contributed by atoms with E-state index in [9.17, 15) is 4.79 Å². The molecule has 0 aromatic carbocycles. The van der Waals surface area contributed by atoms with Gasteiger partial charge in [-0.3, -0.25) is 4.79 Å². The van der Waals surface area contributed by atoms with Crippen molar-refractivity contribution in [2.75, 3.05) is 20.1 Å². The van der Waals surface area contributed by atoms with Gasteiger partial charge in [-0.1, -0.05) is 13.8 Å². The smallest absolute Gasteiger partial charge is 0.303 e. The van der Waals surface area contributed by atoms with Crippen LogP contribution in [-0.2, 0) is 4.79 Å². The van der Waals surface area contributed by atoms with E-state index in [4.69, 9.17) is 5.11 Å². The first-order chi connectivity index (χ1) is 6.02. The molecule has 0 fully saturated rings. The monoisotopic (exact) mass is 187 g/mol. The van der Waals surface area contributed by atoms with Crippen molar-refractivity contribution in [2.24, 2.45) is 5.92 Å². The number of aliphatic carboxylic acids is 1. The number of carboxylic acids is 1. The molecule has 0 aliphatic carbocycles. The number of unbranched alkanes of at least 4 members (excludes halogenated alkanes) is 1. The second-order valence-corrected chi connectivity index (χ2v) is 4.01. The van der Waals surface area contributed by atoms with E-state index in [2.05, 4.69) is 25.8 Å². The van der Waals surface area contributed by atoms with Crippen molar-refractivity contribution in [3.8, 4) is 0 Å². The Hall–Kier alpha value is -0.570. The van der Waals surface area contributed by atoms with Gasteiger partial charge in [0.1, 0.15) is 0 Å². The minimum Gasteiger partial charge on any atom is -0.481 e.